The van der Waals surface area contributed by atoms with Gasteiger partial charge in [-0.1, -0.05) is 12.2 Å². The third-order valence-corrected chi connectivity index (χ3v) is 6.59. The highest BCUT2D eigenvalue weighted by Crippen LogP contribution is 2.74. The van der Waals surface area contributed by atoms with Crippen molar-refractivity contribution in [2.45, 2.75) is 25.4 Å². The summed E-state index contributed by atoms with van der Waals surface area (Å²) in [6.07, 6.45) is 1.15. The van der Waals surface area contributed by atoms with Crippen molar-refractivity contribution >= 4 is 58.3 Å². The lowest BCUT2D eigenvalue weighted by Gasteiger charge is -2.40. The average molecular weight is 356 g/mol. The van der Waals surface area contributed by atoms with Crippen molar-refractivity contribution in [2.75, 3.05) is 0 Å². The van der Waals surface area contributed by atoms with Gasteiger partial charge in [0.2, 0.25) is 9.75 Å². The van der Waals surface area contributed by atoms with Crippen molar-refractivity contribution < 1.29 is 28.6 Å². The third-order valence-electron chi connectivity index (χ3n) is 3.52. The summed E-state index contributed by atoms with van der Waals surface area (Å²) < 4.78 is 28.5. The molecule has 2 N–H and O–H groups in total. The molecule has 1 fully saturated rings. The van der Waals surface area contributed by atoms with Crippen LogP contribution < -0.4 is 0 Å². The molecule has 2 aliphatic rings. The van der Waals surface area contributed by atoms with E-state index in [0.29, 0.717) is 12.2 Å². The molecule has 2 rings (SSSR count). The summed E-state index contributed by atoms with van der Waals surface area (Å²) in [4.78, 5) is 9.98. The summed E-state index contributed by atoms with van der Waals surface area (Å²) >= 11 is 22.6. The lowest BCUT2D eigenvalue weighted by Crippen LogP contribution is -2.66. The van der Waals surface area contributed by atoms with Gasteiger partial charge >= 0.3 is 11.9 Å². The van der Waals surface area contributed by atoms with Gasteiger partial charge in [0.15, 0.2) is 9.75 Å². The summed E-state index contributed by atoms with van der Waals surface area (Å²) in [5.74, 6) is -8.38. The minimum Gasteiger partial charge on any atom is -0.480 e. The zero-order valence-electron chi connectivity index (χ0n) is 8.63. The molecule has 0 spiro atoms. The quantitative estimate of drug-likeness (QED) is 0.588. The molecule has 2 aliphatic carbocycles. The van der Waals surface area contributed by atoms with Gasteiger partial charge < -0.3 is 10.2 Å². The minimum absolute atomic E-state index is 0.576. The predicted molar refractivity (Wildman–Crippen MR) is 63.7 cm³/mol. The maximum Gasteiger partial charge on any atom is 0.329 e. The minimum atomic E-state index is -4.18. The molecule has 0 saturated heterocycles. The van der Waals surface area contributed by atoms with Crippen LogP contribution in [0.3, 0.4) is 0 Å². The molecule has 0 amide bonds. The number of alkyl halides is 6. The van der Waals surface area contributed by atoms with Crippen LogP contribution in [0.5, 0.6) is 0 Å². The fourth-order valence-electron chi connectivity index (χ4n) is 2.47. The molecule has 4 nitrogen and oxygen atoms in total. The second-order valence-electron chi connectivity index (χ2n) is 4.26. The van der Waals surface area contributed by atoms with E-state index in [4.69, 9.17) is 56.6 Å². The van der Waals surface area contributed by atoms with E-state index < -0.39 is 37.4 Å². The Labute approximate surface area is 124 Å². The second kappa shape index (κ2) is 3.47. The molecule has 0 aromatic rings. The van der Waals surface area contributed by atoms with Gasteiger partial charge in [0, 0.05) is 0 Å². The summed E-state index contributed by atoms with van der Waals surface area (Å²) in [7, 11) is 0. The molecule has 0 radical (unpaired) electrons. The number of hydrogen-bond acceptors (Lipinski definition) is 2. The van der Waals surface area contributed by atoms with Gasteiger partial charge in [0.25, 0.3) is 5.92 Å². The Morgan fingerprint density at radius 1 is 0.842 bits per heavy atom. The van der Waals surface area contributed by atoms with Crippen LogP contribution in [-0.2, 0) is 9.59 Å². The molecule has 0 aromatic heterocycles. The van der Waals surface area contributed by atoms with Crippen molar-refractivity contribution in [3.05, 3.63) is 12.2 Å². The molecule has 0 heterocycles. The highest BCUT2D eigenvalue weighted by atomic mass is 35.5. The van der Waals surface area contributed by atoms with Gasteiger partial charge in [0.1, 0.15) is 0 Å². The SMILES string of the molecule is O=C(O)C1(Cl)C2(Cl)C=CC(Cl)(C2(F)F)C1(Cl)C(=O)O. The Bertz CT molecular complexity index is 496. The summed E-state index contributed by atoms with van der Waals surface area (Å²) in [5, 5.41) is 18.2. The summed E-state index contributed by atoms with van der Waals surface area (Å²) in [6.45, 7) is 0. The van der Waals surface area contributed by atoms with Gasteiger partial charge in [-0.05, 0) is 0 Å². The molecule has 0 aromatic carbocycles. The first kappa shape index (κ1) is 15.1. The first-order chi connectivity index (χ1) is 8.34. The van der Waals surface area contributed by atoms with E-state index in [1.165, 1.54) is 0 Å². The summed E-state index contributed by atoms with van der Waals surface area (Å²) in [5.41, 5.74) is 0. The van der Waals surface area contributed by atoms with E-state index in [9.17, 15) is 18.4 Å². The van der Waals surface area contributed by atoms with Crippen LogP contribution in [0.25, 0.3) is 0 Å². The van der Waals surface area contributed by atoms with E-state index in [-0.39, 0.29) is 0 Å². The molecular weight excluding hydrogens is 352 g/mol. The van der Waals surface area contributed by atoms with E-state index in [1.807, 2.05) is 0 Å². The number of hydrogen-bond donors (Lipinski definition) is 2. The van der Waals surface area contributed by atoms with E-state index in [2.05, 4.69) is 0 Å². The Morgan fingerprint density at radius 3 is 1.32 bits per heavy atom. The summed E-state index contributed by atoms with van der Waals surface area (Å²) in [6, 6.07) is 0. The number of carboxylic acid groups (broad SMARTS) is 2. The fraction of sp³-hybridized carbons (Fsp3) is 0.556. The molecular formula is C9H4Cl4F2O4. The van der Waals surface area contributed by atoms with Gasteiger partial charge in [-0.25, -0.2) is 8.78 Å². The Morgan fingerprint density at radius 2 is 1.11 bits per heavy atom. The maximum atomic E-state index is 14.3. The number of carboxylic acids is 2. The van der Waals surface area contributed by atoms with Crippen molar-refractivity contribution in [2.24, 2.45) is 0 Å². The fourth-order valence-corrected chi connectivity index (χ4v) is 4.31. The first-order valence-electron chi connectivity index (χ1n) is 4.65. The molecule has 106 valence electrons. The van der Waals surface area contributed by atoms with E-state index in [1.54, 1.807) is 0 Å². The Kier molecular flexibility index (Phi) is 2.76. The van der Waals surface area contributed by atoms with Crippen molar-refractivity contribution in [1.29, 1.82) is 0 Å². The van der Waals surface area contributed by atoms with Crippen molar-refractivity contribution in [3.8, 4) is 0 Å². The van der Waals surface area contributed by atoms with Crippen LogP contribution in [0.15, 0.2) is 12.2 Å². The molecule has 2 bridgehead atoms. The number of halogens is 6. The molecule has 4 unspecified atom stereocenters. The number of aliphatic carboxylic acids is 2. The average Bonchev–Trinajstić information content (AvgIpc) is 2.51. The normalized spacial score (nSPS) is 50.4. The van der Waals surface area contributed by atoms with Crippen molar-refractivity contribution in [3.63, 3.8) is 0 Å². The molecule has 10 heteroatoms. The van der Waals surface area contributed by atoms with E-state index >= 15 is 0 Å². The lowest BCUT2D eigenvalue weighted by molar-refractivity contribution is -0.149. The Hall–Kier alpha value is -0.300. The van der Waals surface area contributed by atoms with Gasteiger partial charge in [0.05, 0.1) is 0 Å². The molecule has 4 atom stereocenters. The van der Waals surface area contributed by atoms with Gasteiger partial charge in [-0.15, -0.1) is 46.4 Å². The highest BCUT2D eigenvalue weighted by molar-refractivity contribution is 6.58. The third kappa shape index (κ3) is 1.08. The highest BCUT2D eigenvalue weighted by Gasteiger charge is 2.96. The molecule has 19 heavy (non-hydrogen) atoms. The van der Waals surface area contributed by atoms with Crippen molar-refractivity contribution in [1.82, 2.24) is 0 Å². The smallest absolute Gasteiger partial charge is 0.329 e. The lowest BCUT2D eigenvalue weighted by atomic mass is 9.80. The topological polar surface area (TPSA) is 74.6 Å². The first-order valence-corrected chi connectivity index (χ1v) is 6.16. The maximum absolute atomic E-state index is 14.3. The zero-order chi connectivity index (χ0) is 15.1. The number of fused-ring (bicyclic) bond motifs is 2. The Balaban J connectivity index is 2.94. The van der Waals surface area contributed by atoms with E-state index in [0.717, 1.165) is 0 Å². The van der Waals surface area contributed by atoms with Crippen LogP contribution in [0.1, 0.15) is 0 Å². The standard InChI is InChI=1S/C9H4Cl4F2O4/c10-5-1-2-6(11,9(5,14)15)8(13,4(18)19)7(5,12)3(16)17/h1-2H,(H,16,17)(H,18,19). The zero-order valence-corrected chi connectivity index (χ0v) is 11.7. The second-order valence-corrected chi connectivity index (χ2v) is 6.58. The molecule has 0 aliphatic heterocycles. The number of rotatable bonds is 2. The number of carbonyl (C=O) groups is 2. The van der Waals surface area contributed by atoms with Crippen LogP contribution in [0, 0.1) is 0 Å². The van der Waals surface area contributed by atoms with Gasteiger partial charge in [-0.2, -0.15) is 0 Å². The molecule has 1 saturated carbocycles. The van der Waals surface area contributed by atoms with Crippen LogP contribution in [0.4, 0.5) is 8.78 Å². The largest absolute Gasteiger partial charge is 0.480 e. The predicted octanol–water partition coefficient (Wildman–Crippen LogP) is 2.28. The van der Waals surface area contributed by atoms with Crippen LogP contribution >= 0.6 is 46.4 Å². The van der Waals surface area contributed by atoms with Crippen LogP contribution in [0.2, 0.25) is 0 Å². The van der Waals surface area contributed by atoms with Crippen LogP contribution in [-0.4, -0.2) is 47.6 Å². The van der Waals surface area contributed by atoms with Gasteiger partial charge in [-0.3, -0.25) is 9.59 Å². The monoisotopic (exact) mass is 354 g/mol. The number of allylic oxidation sites excluding steroid dienone is 2.